The average molecular weight is 281 g/mol. The van der Waals surface area contributed by atoms with Crippen LogP contribution in [0.25, 0.3) is 0 Å². The fourth-order valence-electron chi connectivity index (χ4n) is 5.15. The largest absolute Gasteiger partial charge is 0.329 e. The van der Waals surface area contributed by atoms with E-state index in [9.17, 15) is 0 Å². The molecule has 3 atom stereocenters. The van der Waals surface area contributed by atoms with E-state index in [1.165, 1.54) is 45.2 Å². The molecular weight excluding hydrogens is 244 g/mol. The van der Waals surface area contributed by atoms with Gasteiger partial charge in [-0.15, -0.1) is 0 Å². The van der Waals surface area contributed by atoms with E-state index >= 15 is 0 Å². The van der Waals surface area contributed by atoms with Crippen LogP contribution >= 0.6 is 0 Å². The van der Waals surface area contributed by atoms with E-state index in [1.807, 2.05) is 0 Å². The summed E-state index contributed by atoms with van der Waals surface area (Å²) in [6.07, 6.45) is 6.75. The molecule has 0 aromatic heterocycles. The maximum atomic E-state index is 6.31. The molecule has 2 N–H and O–H groups in total. The van der Waals surface area contributed by atoms with Gasteiger partial charge < -0.3 is 5.73 Å². The van der Waals surface area contributed by atoms with Gasteiger partial charge in [-0.3, -0.25) is 4.90 Å². The van der Waals surface area contributed by atoms with Gasteiger partial charge in [0.15, 0.2) is 0 Å². The topological polar surface area (TPSA) is 29.3 Å². The predicted octanol–water partition coefficient (Wildman–Crippen LogP) is 3.90. The Balaban J connectivity index is 2.12. The zero-order valence-electron chi connectivity index (χ0n) is 14.4. The summed E-state index contributed by atoms with van der Waals surface area (Å²) in [5, 5.41) is 0. The zero-order valence-corrected chi connectivity index (χ0v) is 14.4. The number of nitrogens with two attached hydrogens (primary N) is 1. The summed E-state index contributed by atoms with van der Waals surface area (Å²) < 4.78 is 0. The van der Waals surface area contributed by atoms with E-state index in [-0.39, 0.29) is 5.54 Å². The Bertz CT molecular complexity index is 323. The second kappa shape index (κ2) is 5.96. The van der Waals surface area contributed by atoms with Crippen molar-refractivity contribution < 1.29 is 0 Å². The third kappa shape index (κ3) is 3.06. The number of hydrogen-bond acceptors (Lipinski definition) is 2. The van der Waals surface area contributed by atoms with Crippen LogP contribution in [-0.2, 0) is 0 Å². The molecule has 0 radical (unpaired) electrons. The fraction of sp³-hybridized carbons (Fsp3) is 1.00. The molecule has 20 heavy (non-hydrogen) atoms. The van der Waals surface area contributed by atoms with Crippen molar-refractivity contribution in [2.24, 2.45) is 28.9 Å². The molecular formula is C18H36N2. The first-order valence-electron chi connectivity index (χ1n) is 8.76. The van der Waals surface area contributed by atoms with E-state index in [0.717, 1.165) is 24.3 Å². The minimum Gasteiger partial charge on any atom is -0.329 e. The van der Waals surface area contributed by atoms with E-state index in [1.54, 1.807) is 0 Å². The number of rotatable bonds is 3. The third-order valence-electron chi connectivity index (χ3n) is 6.26. The van der Waals surface area contributed by atoms with E-state index in [2.05, 4.69) is 39.5 Å². The Hall–Kier alpha value is -0.0800. The van der Waals surface area contributed by atoms with Crippen LogP contribution in [-0.4, -0.2) is 30.1 Å². The average Bonchev–Trinajstić information content (AvgIpc) is 2.56. The highest BCUT2D eigenvalue weighted by atomic mass is 15.2. The van der Waals surface area contributed by atoms with Gasteiger partial charge in [0.1, 0.15) is 0 Å². The van der Waals surface area contributed by atoms with Crippen molar-refractivity contribution in [2.45, 2.75) is 72.3 Å². The second-order valence-corrected chi connectivity index (χ2v) is 8.68. The van der Waals surface area contributed by atoms with Crippen LogP contribution in [0.4, 0.5) is 0 Å². The van der Waals surface area contributed by atoms with Crippen molar-refractivity contribution in [1.29, 1.82) is 0 Å². The second-order valence-electron chi connectivity index (χ2n) is 8.68. The van der Waals surface area contributed by atoms with Gasteiger partial charge in [-0.05, 0) is 68.4 Å². The summed E-state index contributed by atoms with van der Waals surface area (Å²) in [5.74, 6) is 2.49. The van der Waals surface area contributed by atoms with Gasteiger partial charge in [-0.1, -0.05) is 34.6 Å². The molecule has 3 unspecified atom stereocenters. The van der Waals surface area contributed by atoms with Crippen LogP contribution in [0.1, 0.15) is 66.7 Å². The molecule has 1 aliphatic heterocycles. The van der Waals surface area contributed by atoms with Crippen LogP contribution < -0.4 is 5.73 Å². The Morgan fingerprint density at radius 1 is 1.20 bits per heavy atom. The molecule has 0 amide bonds. The molecule has 1 saturated carbocycles. The molecule has 2 aliphatic rings. The Kier molecular flexibility index (Phi) is 4.86. The molecule has 0 aromatic carbocycles. The Morgan fingerprint density at radius 2 is 1.90 bits per heavy atom. The predicted molar refractivity (Wildman–Crippen MR) is 87.7 cm³/mol. The molecule has 2 rings (SSSR count). The molecule has 118 valence electrons. The first-order valence-corrected chi connectivity index (χ1v) is 8.76. The molecule has 2 heteroatoms. The molecule has 0 bridgehead atoms. The maximum absolute atomic E-state index is 6.31. The van der Waals surface area contributed by atoms with Crippen molar-refractivity contribution in [3.8, 4) is 0 Å². The summed E-state index contributed by atoms with van der Waals surface area (Å²) >= 11 is 0. The van der Waals surface area contributed by atoms with Crippen LogP contribution in [0.15, 0.2) is 0 Å². The van der Waals surface area contributed by atoms with Gasteiger partial charge in [0, 0.05) is 12.1 Å². The quantitative estimate of drug-likeness (QED) is 0.849. The lowest BCUT2D eigenvalue weighted by Crippen LogP contribution is -2.56. The Morgan fingerprint density at radius 3 is 2.40 bits per heavy atom. The van der Waals surface area contributed by atoms with Crippen LogP contribution in [0.3, 0.4) is 0 Å². The van der Waals surface area contributed by atoms with Crippen molar-refractivity contribution in [1.82, 2.24) is 4.90 Å². The van der Waals surface area contributed by atoms with E-state index in [0.29, 0.717) is 5.41 Å². The van der Waals surface area contributed by atoms with Crippen LogP contribution in [0, 0.1) is 23.2 Å². The molecule has 1 saturated heterocycles. The van der Waals surface area contributed by atoms with Gasteiger partial charge >= 0.3 is 0 Å². The van der Waals surface area contributed by atoms with Crippen molar-refractivity contribution in [3.63, 3.8) is 0 Å². The van der Waals surface area contributed by atoms with Gasteiger partial charge in [0.05, 0.1) is 0 Å². The molecule has 0 aromatic rings. The monoisotopic (exact) mass is 280 g/mol. The standard InChI is InChI=1S/C18H36N2/c1-14(2)16-7-6-9-20(10-8-16)18(13-19)12-17(4,5)11-15(18)3/h14-16H,6-13,19H2,1-5H3. The molecule has 0 spiro atoms. The summed E-state index contributed by atoms with van der Waals surface area (Å²) in [6.45, 7) is 15.4. The summed E-state index contributed by atoms with van der Waals surface area (Å²) in [6, 6.07) is 0. The first kappa shape index (κ1) is 16.3. The number of hydrogen-bond donors (Lipinski definition) is 1. The van der Waals surface area contributed by atoms with Gasteiger partial charge in [0.2, 0.25) is 0 Å². The SMILES string of the molecule is CC(C)C1CCCN(C2(CN)CC(C)(C)CC2C)CC1. The highest BCUT2D eigenvalue weighted by Crippen LogP contribution is 2.50. The summed E-state index contributed by atoms with van der Waals surface area (Å²) in [4.78, 5) is 2.79. The van der Waals surface area contributed by atoms with Gasteiger partial charge in [-0.2, -0.15) is 0 Å². The summed E-state index contributed by atoms with van der Waals surface area (Å²) in [5.41, 5.74) is 7.05. The van der Waals surface area contributed by atoms with E-state index in [4.69, 9.17) is 5.73 Å². The lowest BCUT2D eigenvalue weighted by Gasteiger charge is -2.44. The normalized spacial score (nSPS) is 39.1. The number of likely N-dealkylation sites (tertiary alicyclic amines) is 1. The molecule has 2 nitrogen and oxygen atoms in total. The maximum Gasteiger partial charge on any atom is 0.0362 e. The molecule has 2 fully saturated rings. The van der Waals surface area contributed by atoms with Gasteiger partial charge in [-0.25, -0.2) is 0 Å². The van der Waals surface area contributed by atoms with Crippen molar-refractivity contribution in [2.75, 3.05) is 19.6 Å². The first-order chi connectivity index (χ1) is 9.31. The van der Waals surface area contributed by atoms with Crippen LogP contribution in [0.5, 0.6) is 0 Å². The van der Waals surface area contributed by atoms with Crippen molar-refractivity contribution >= 4 is 0 Å². The van der Waals surface area contributed by atoms with Gasteiger partial charge in [0.25, 0.3) is 0 Å². The minimum atomic E-state index is 0.273. The highest BCUT2D eigenvalue weighted by Gasteiger charge is 2.51. The van der Waals surface area contributed by atoms with Crippen LogP contribution in [0.2, 0.25) is 0 Å². The summed E-state index contributed by atoms with van der Waals surface area (Å²) in [7, 11) is 0. The highest BCUT2D eigenvalue weighted by molar-refractivity contribution is 5.06. The lowest BCUT2D eigenvalue weighted by atomic mass is 9.84. The third-order valence-corrected chi connectivity index (χ3v) is 6.26. The number of nitrogens with zero attached hydrogens (tertiary/aromatic N) is 1. The van der Waals surface area contributed by atoms with Crippen molar-refractivity contribution in [3.05, 3.63) is 0 Å². The zero-order chi connectivity index (χ0) is 15.0. The minimum absolute atomic E-state index is 0.273. The molecule has 1 aliphatic carbocycles. The lowest BCUT2D eigenvalue weighted by molar-refractivity contribution is 0.0605. The Labute approximate surface area is 126 Å². The van der Waals surface area contributed by atoms with E-state index < -0.39 is 0 Å². The molecule has 1 heterocycles. The smallest absolute Gasteiger partial charge is 0.0362 e. The fourth-order valence-corrected chi connectivity index (χ4v) is 5.15.